The van der Waals surface area contributed by atoms with Gasteiger partial charge in [0.05, 0.1) is 22.9 Å². The molecule has 6 nitrogen and oxygen atoms in total. The van der Waals surface area contributed by atoms with Gasteiger partial charge in [-0.05, 0) is 30.7 Å². The number of aryl methyl sites for hydroxylation is 2. The highest BCUT2D eigenvalue weighted by Gasteiger charge is 2.34. The first-order valence-corrected chi connectivity index (χ1v) is 8.04. The van der Waals surface area contributed by atoms with E-state index in [1.54, 1.807) is 19.2 Å². The third kappa shape index (κ3) is 3.08. The summed E-state index contributed by atoms with van der Waals surface area (Å²) in [4.78, 5) is 12.4. The van der Waals surface area contributed by atoms with E-state index in [4.69, 9.17) is 5.26 Å². The molecule has 0 radical (unpaired) electrons. The molecular formula is C18H15F3N4O2. The maximum absolute atomic E-state index is 13.0. The smallest absolute Gasteiger partial charge is 0.382 e. The number of nitriles is 1. The van der Waals surface area contributed by atoms with E-state index in [0.29, 0.717) is 11.9 Å². The number of rotatable bonds is 3. The van der Waals surface area contributed by atoms with Crippen molar-refractivity contribution < 1.29 is 18.3 Å². The van der Waals surface area contributed by atoms with E-state index < -0.39 is 23.4 Å². The van der Waals surface area contributed by atoms with E-state index in [-0.39, 0.29) is 22.3 Å². The van der Waals surface area contributed by atoms with Gasteiger partial charge >= 0.3 is 6.18 Å². The minimum atomic E-state index is -4.67. The summed E-state index contributed by atoms with van der Waals surface area (Å²) in [6.07, 6.45) is -4.46. The van der Waals surface area contributed by atoms with Gasteiger partial charge in [-0.15, -0.1) is 0 Å². The fraction of sp³-hybridized carbons (Fsp3) is 0.278. The Morgan fingerprint density at radius 2 is 2.04 bits per heavy atom. The molecule has 0 aliphatic rings. The van der Waals surface area contributed by atoms with Crippen molar-refractivity contribution in [2.24, 2.45) is 7.05 Å². The first-order chi connectivity index (χ1) is 12.7. The van der Waals surface area contributed by atoms with Gasteiger partial charge in [0.15, 0.2) is 5.52 Å². The van der Waals surface area contributed by atoms with Gasteiger partial charge in [0.2, 0.25) is 0 Å². The highest BCUT2D eigenvalue weighted by Crippen LogP contribution is 2.34. The normalized spacial score (nSPS) is 12.9. The number of nitrogens with zero attached hydrogens (tertiary/aromatic N) is 4. The number of hydrogen-bond acceptors (Lipinski definition) is 4. The van der Waals surface area contributed by atoms with Crippen molar-refractivity contribution in [2.75, 3.05) is 0 Å². The molecule has 1 atom stereocenters. The second-order valence-electron chi connectivity index (χ2n) is 6.00. The molecule has 2 aromatic heterocycles. The third-order valence-corrected chi connectivity index (χ3v) is 4.40. The molecule has 0 amide bonds. The molecular weight excluding hydrogens is 361 g/mol. The zero-order valence-electron chi connectivity index (χ0n) is 14.4. The SMILES string of the molecule is CCn1ccc2c(C(O)c3ccc(C(F)(F)F)c(C#N)c3)n(C)nc2c1=O. The van der Waals surface area contributed by atoms with Crippen molar-refractivity contribution in [1.82, 2.24) is 14.3 Å². The van der Waals surface area contributed by atoms with E-state index in [1.165, 1.54) is 22.4 Å². The molecule has 0 bridgehead atoms. The Hall–Kier alpha value is -3.12. The molecule has 2 heterocycles. The van der Waals surface area contributed by atoms with Crippen molar-refractivity contribution in [3.8, 4) is 6.07 Å². The summed E-state index contributed by atoms with van der Waals surface area (Å²) in [5, 5.41) is 24.3. The van der Waals surface area contributed by atoms with Crippen LogP contribution in [0.1, 0.15) is 35.4 Å². The molecule has 3 rings (SSSR count). The maximum Gasteiger partial charge on any atom is 0.417 e. The molecule has 0 saturated heterocycles. The summed E-state index contributed by atoms with van der Waals surface area (Å²) in [6, 6.07) is 6.01. The highest BCUT2D eigenvalue weighted by atomic mass is 19.4. The summed E-state index contributed by atoms with van der Waals surface area (Å²) in [6.45, 7) is 2.26. The molecule has 1 unspecified atom stereocenters. The number of fused-ring (bicyclic) bond motifs is 1. The van der Waals surface area contributed by atoms with Crippen LogP contribution in [-0.2, 0) is 19.8 Å². The third-order valence-electron chi connectivity index (χ3n) is 4.40. The van der Waals surface area contributed by atoms with Crippen molar-refractivity contribution in [2.45, 2.75) is 25.7 Å². The van der Waals surface area contributed by atoms with Crippen LogP contribution in [0.4, 0.5) is 13.2 Å². The van der Waals surface area contributed by atoms with Gasteiger partial charge in [-0.3, -0.25) is 9.48 Å². The fourth-order valence-electron chi connectivity index (χ4n) is 3.05. The van der Waals surface area contributed by atoms with Gasteiger partial charge in [0, 0.05) is 25.2 Å². The lowest BCUT2D eigenvalue weighted by atomic mass is 9.98. The van der Waals surface area contributed by atoms with Crippen molar-refractivity contribution in [3.05, 3.63) is 63.2 Å². The van der Waals surface area contributed by atoms with E-state index in [0.717, 1.165) is 18.2 Å². The summed E-state index contributed by atoms with van der Waals surface area (Å²) < 4.78 is 41.7. The van der Waals surface area contributed by atoms with Crippen LogP contribution < -0.4 is 5.56 Å². The van der Waals surface area contributed by atoms with Crippen LogP contribution in [0.5, 0.6) is 0 Å². The molecule has 0 spiro atoms. The van der Waals surface area contributed by atoms with Crippen molar-refractivity contribution >= 4 is 10.9 Å². The molecule has 9 heteroatoms. The molecule has 140 valence electrons. The summed E-state index contributed by atoms with van der Waals surface area (Å²) in [5.74, 6) is 0. The van der Waals surface area contributed by atoms with Gasteiger partial charge in [0.25, 0.3) is 5.56 Å². The van der Waals surface area contributed by atoms with Gasteiger partial charge in [-0.2, -0.15) is 23.5 Å². The molecule has 27 heavy (non-hydrogen) atoms. The molecule has 0 aliphatic carbocycles. The van der Waals surface area contributed by atoms with Crippen LogP contribution >= 0.6 is 0 Å². The van der Waals surface area contributed by atoms with Crippen molar-refractivity contribution in [3.63, 3.8) is 0 Å². The number of pyridine rings is 1. The monoisotopic (exact) mass is 376 g/mol. The zero-order valence-corrected chi connectivity index (χ0v) is 14.4. The maximum atomic E-state index is 13.0. The van der Waals surface area contributed by atoms with Crippen molar-refractivity contribution in [1.29, 1.82) is 5.26 Å². The Morgan fingerprint density at radius 3 is 2.63 bits per heavy atom. The molecule has 0 fully saturated rings. The molecule has 1 aromatic carbocycles. The van der Waals surface area contributed by atoms with E-state index >= 15 is 0 Å². The van der Waals surface area contributed by atoms with Gasteiger partial charge in [0.1, 0.15) is 6.10 Å². The lowest BCUT2D eigenvalue weighted by Crippen LogP contribution is -2.18. The average molecular weight is 376 g/mol. The Morgan fingerprint density at radius 1 is 1.33 bits per heavy atom. The van der Waals surface area contributed by atoms with Crippen LogP contribution in [0, 0.1) is 11.3 Å². The van der Waals surface area contributed by atoms with Crippen LogP contribution in [-0.4, -0.2) is 19.5 Å². The molecule has 0 aliphatic heterocycles. The summed E-state index contributed by atoms with van der Waals surface area (Å²) >= 11 is 0. The molecule has 1 N–H and O–H groups in total. The zero-order chi connectivity index (χ0) is 19.9. The lowest BCUT2D eigenvalue weighted by molar-refractivity contribution is -0.137. The molecule has 0 saturated carbocycles. The number of halogens is 3. The number of aliphatic hydroxyl groups is 1. The van der Waals surface area contributed by atoms with Gasteiger partial charge < -0.3 is 9.67 Å². The number of aliphatic hydroxyl groups excluding tert-OH is 1. The lowest BCUT2D eigenvalue weighted by Gasteiger charge is -2.15. The van der Waals surface area contributed by atoms with Gasteiger partial charge in [-0.25, -0.2) is 0 Å². The minimum absolute atomic E-state index is 0.101. The second-order valence-corrected chi connectivity index (χ2v) is 6.00. The Kier molecular flexibility index (Phi) is 4.53. The fourth-order valence-corrected chi connectivity index (χ4v) is 3.05. The second kappa shape index (κ2) is 6.55. The Bertz CT molecular complexity index is 1120. The number of benzene rings is 1. The summed E-state index contributed by atoms with van der Waals surface area (Å²) in [7, 11) is 1.53. The highest BCUT2D eigenvalue weighted by molar-refractivity contribution is 5.81. The Balaban J connectivity index is 2.16. The van der Waals surface area contributed by atoms with Gasteiger partial charge in [-0.1, -0.05) is 6.07 Å². The van der Waals surface area contributed by atoms with Crippen LogP contribution in [0.2, 0.25) is 0 Å². The number of hydrogen-bond donors (Lipinski definition) is 1. The predicted molar refractivity (Wildman–Crippen MR) is 90.9 cm³/mol. The summed E-state index contributed by atoms with van der Waals surface area (Å²) in [5.41, 5.74) is -1.46. The van der Waals surface area contributed by atoms with E-state index in [2.05, 4.69) is 5.10 Å². The van der Waals surface area contributed by atoms with E-state index in [1.807, 2.05) is 0 Å². The topological polar surface area (TPSA) is 83.8 Å². The predicted octanol–water partition coefficient (Wildman–Crippen LogP) is 2.73. The number of aromatic nitrogens is 3. The Labute approximate surface area is 151 Å². The largest absolute Gasteiger partial charge is 0.417 e. The van der Waals surface area contributed by atoms with E-state index in [9.17, 15) is 23.1 Å². The quantitative estimate of drug-likeness (QED) is 0.762. The van der Waals surface area contributed by atoms with Crippen LogP contribution in [0.3, 0.4) is 0 Å². The molecule has 3 aromatic rings. The first kappa shape index (κ1) is 18.7. The van der Waals surface area contributed by atoms with Crippen LogP contribution in [0.25, 0.3) is 10.9 Å². The van der Waals surface area contributed by atoms with Crippen LogP contribution in [0.15, 0.2) is 35.3 Å². The first-order valence-electron chi connectivity index (χ1n) is 8.04. The average Bonchev–Trinajstić information content (AvgIpc) is 2.97. The minimum Gasteiger partial charge on any atom is -0.382 e. The standard InChI is InChI=1S/C18H15F3N4O2/c1-3-25-7-6-12-14(17(25)27)23-24(2)15(12)16(26)10-4-5-13(18(19,20)21)11(8-10)9-22/h4-8,16,26H,3H2,1-2H3. The number of alkyl halides is 3.